The van der Waals surface area contributed by atoms with Gasteiger partial charge in [-0.2, -0.15) is 0 Å². The van der Waals surface area contributed by atoms with Gasteiger partial charge in [0.05, 0.1) is 17.6 Å². The molecule has 8 heteroatoms. The van der Waals surface area contributed by atoms with Gasteiger partial charge in [0.15, 0.2) is 0 Å². The lowest BCUT2D eigenvalue weighted by atomic mass is 10.0. The number of carbonyl (C=O) groups is 1. The van der Waals surface area contributed by atoms with Crippen LogP contribution in [0.4, 0.5) is 0 Å². The minimum atomic E-state index is -3.87. The maximum absolute atomic E-state index is 12.4. The van der Waals surface area contributed by atoms with Crippen LogP contribution in [0.3, 0.4) is 0 Å². The second-order valence-corrected chi connectivity index (χ2v) is 7.02. The zero-order chi connectivity index (χ0) is 16.3. The molecule has 0 aromatic heterocycles. The van der Waals surface area contributed by atoms with E-state index < -0.39 is 10.0 Å². The SMILES string of the molecule is COc1ccc(S(N)(=O)=O)cc1C(=O)NC1CCN(C)CC1. The van der Waals surface area contributed by atoms with Crippen LogP contribution in [0.15, 0.2) is 23.1 Å². The summed E-state index contributed by atoms with van der Waals surface area (Å²) in [6.07, 6.45) is 1.72. The molecule has 0 atom stereocenters. The number of primary sulfonamides is 1. The van der Waals surface area contributed by atoms with Gasteiger partial charge in [0, 0.05) is 6.04 Å². The van der Waals surface area contributed by atoms with Gasteiger partial charge in [-0.05, 0) is 51.2 Å². The standard InChI is InChI=1S/C14H21N3O4S/c1-17-7-5-10(6-8-17)16-14(18)12-9-11(22(15,19)20)3-4-13(12)21-2/h3-4,9-10H,5-8H2,1-2H3,(H,16,18)(H2,15,19,20). The number of hydrogen-bond donors (Lipinski definition) is 2. The molecular formula is C14H21N3O4S. The Morgan fingerprint density at radius 2 is 2.00 bits per heavy atom. The summed E-state index contributed by atoms with van der Waals surface area (Å²) in [7, 11) is -0.399. The second kappa shape index (κ2) is 6.64. The smallest absolute Gasteiger partial charge is 0.255 e. The lowest BCUT2D eigenvalue weighted by Gasteiger charge is -2.29. The lowest BCUT2D eigenvalue weighted by Crippen LogP contribution is -2.43. The Labute approximate surface area is 130 Å². The van der Waals surface area contributed by atoms with Crippen molar-refractivity contribution in [3.8, 4) is 5.75 Å². The highest BCUT2D eigenvalue weighted by atomic mass is 32.2. The third kappa shape index (κ3) is 3.96. The molecule has 1 aromatic rings. The average molecular weight is 327 g/mol. The predicted octanol–water partition coefficient (Wildman–Crippen LogP) is 0.167. The van der Waals surface area contributed by atoms with E-state index in [1.54, 1.807) is 0 Å². The molecule has 1 saturated heterocycles. The van der Waals surface area contributed by atoms with Crippen LogP contribution in [0, 0.1) is 0 Å². The van der Waals surface area contributed by atoms with E-state index in [4.69, 9.17) is 9.88 Å². The number of methoxy groups -OCH3 is 1. The maximum atomic E-state index is 12.4. The summed E-state index contributed by atoms with van der Waals surface area (Å²) in [5.74, 6) is -0.0327. The zero-order valence-electron chi connectivity index (χ0n) is 12.7. The monoisotopic (exact) mass is 327 g/mol. The van der Waals surface area contributed by atoms with Crippen LogP contribution in [0.2, 0.25) is 0 Å². The molecule has 1 fully saturated rings. The highest BCUT2D eigenvalue weighted by Gasteiger charge is 2.22. The number of likely N-dealkylation sites (tertiary alicyclic amines) is 1. The van der Waals surface area contributed by atoms with Gasteiger partial charge in [-0.3, -0.25) is 4.79 Å². The average Bonchev–Trinajstić information content (AvgIpc) is 2.48. The molecule has 0 saturated carbocycles. The number of nitrogens with two attached hydrogens (primary N) is 1. The van der Waals surface area contributed by atoms with E-state index in [2.05, 4.69) is 10.2 Å². The fourth-order valence-corrected chi connectivity index (χ4v) is 3.00. The van der Waals surface area contributed by atoms with Crippen LogP contribution in [-0.2, 0) is 10.0 Å². The predicted molar refractivity (Wildman–Crippen MR) is 82.4 cm³/mol. The van der Waals surface area contributed by atoms with Gasteiger partial charge in [0.2, 0.25) is 10.0 Å². The summed E-state index contributed by atoms with van der Waals surface area (Å²) >= 11 is 0. The van der Waals surface area contributed by atoms with Crippen molar-refractivity contribution in [2.45, 2.75) is 23.8 Å². The lowest BCUT2D eigenvalue weighted by molar-refractivity contribution is 0.0913. The minimum absolute atomic E-state index is 0.0755. The molecule has 1 amide bonds. The Kier molecular flexibility index (Phi) is 5.05. The van der Waals surface area contributed by atoms with Crippen molar-refractivity contribution < 1.29 is 17.9 Å². The van der Waals surface area contributed by atoms with E-state index in [0.29, 0.717) is 5.75 Å². The van der Waals surface area contributed by atoms with E-state index in [9.17, 15) is 13.2 Å². The van der Waals surface area contributed by atoms with Crippen molar-refractivity contribution >= 4 is 15.9 Å². The first-order valence-corrected chi connectivity index (χ1v) is 8.56. The molecule has 1 heterocycles. The van der Waals surface area contributed by atoms with Crippen LogP contribution in [-0.4, -0.2) is 52.5 Å². The minimum Gasteiger partial charge on any atom is -0.496 e. The maximum Gasteiger partial charge on any atom is 0.255 e. The molecule has 2 rings (SSSR count). The fourth-order valence-electron chi connectivity index (χ4n) is 2.46. The number of piperidine rings is 1. The van der Waals surface area contributed by atoms with Crippen molar-refractivity contribution in [3.63, 3.8) is 0 Å². The van der Waals surface area contributed by atoms with Crippen LogP contribution < -0.4 is 15.2 Å². The van der Waals surface area contributed by atoms with Crippen LogP contribution in [0.1, 0.15) is 23.2 Å². The summed E-state index contributed by atoms with van der Waals surface area (Å²) in [4.78, 5) is 14.5. The molecule has 0 unspecified atom stereocenters. The Morgan fingerprint density at radius 1 is 1.36 bits per heavy atom. The summed E-state index contributed by atoms with van der Waals surface area (Å²) in [5.41, 5.74) is 0.174. The third-order valence-electron chi connectivity index (χ3n) is 3.80. The second-order valence-electron chi connectivity index (χ2n) is 5.46. The van der Waals surface area contributed by atoms with E-state index >= 15 is 0 Å². The summed E-state index contributed by atoms with van der Waals surface area (Å²) in [5, 5.41) is 8.04. The molecule has 0 bridgehead atoms. The number of hydrogen-bond acceptors (Lipinski definition) is 5. The van der Waals surface area contributed by atoms with Crippen molar-refractivity contribution in [1.82, 2.24) is 10.2 Å². The fraction of sp³-hybridized carbons (Fsp3) is 0.500. The van der Waals surface area contributed by atoms with Gasteiger partial charge in [0.1, 0.15) is 5.75 Å². The Bertz CT molecular complexity index is 652. The normalized spacial score (nSPS) is 17.2. The number of nitrogens with one attached hydrogen (secondary N) is 1. The number of benzene rings is 1. The van der Waals surface area contributed by atoms with Crippen molar-refractivity contribution in [2.24, 2.45) is 5.14 Å². The third-order valence-corrected chi connectivity index (χ3v) is 4.71. The zero-order valence-corrected chi connectivity index (χ0v) is 13.5. The molecule has 0 aliphatic carbocycles. The molecular weight excluding hydrogens is 306 g/mol. The summed E-state index contributed by atoms with van der Waals surface area (Å²) in [6.45, 7) is 1.83. The van der Waals surface area contributed by atoms with E-state index in [1.165, 1.54) is 25.3 Å². The summed E-state index contributed by atoms with van der Waals surface area (Å²) in [6, 6.07) is 4.08. The van der Waals surface area contributed by atoms with Gasteiger partial charge in [-0.15, -0.1) is 0 Å². The van der Waals surface area contributed by atoms with E-state index in [1.807, 2.05) is 7.05 Å². The molecule has 1 aliphatic heterocycles. The molecule has 1 aliphatic rings. The molecule has 22 heavy (non-hydrogen) atoms. The van der Waals surface area contributed by atoms with Gasteiger partial charge in [-0.25, -0.2) is 13.6 Å². The van der Waals surface area contributed by atoms with Crippen LogP contribution in [0.5, 0.6) is 5.75 Å². The molecule has 3 N–H and O–H groups in total. The van der Waals surface area contributed by atoms with Gasteiger partial charge < -0.3 is 15.0 Å². The Morgan fingerprint density at radius 3 is 2.55 bits per heavy atom. The first-order valence-electron chi connectivity index (χ1n) is 7.01. The number of nitrogens with zero attached hydrogens (tertiary/aromatic N) is 1. The van der Waals surface area contributed by atoms with Crippen molar-refractivity contribution in [3.05, 3.63) is 23.8 Å². The van der Waals surface area contributed by atoms with Gasteiger partial charge in [0.25, 0.3) is 5.91 Å². The topological polar surface area (TPSA) is 102 Å². The number of rotatable bonds is 4. The first kappa shape index (κ1) is 16.7. The molecule has 0 spiro atoms. The van der Waals surface area contributed by atoms with E-state index in [0.717, 1.165) is 25.9 Å². The number of sulfonamides is 1. The highest BCUT2D eigenvalue weighted by molar-refractivity contribution is 7.89. The quantitative estimate of drug-likeness (QED) is 0.820. The number of ether oxygens (including phenoxy) is 1. The van der Waals surface area contributed by atoms with Crippen molar-refractivity contribution in [2.75, 3.05) is 27.2 Å². The van der Waals surface area contributed by atoms with Gasteiger partial charge >= 0.3 is 0 Å². The number of carbonyl (C=O) groups excluding carboxylic acids is 1. The first-order chi connectivity index (χ1) is 10.3. The molecule has 0 radical (unpaired) electrons. The molecule has 122 valence electrons. The van der Waals surface area contributed by atoms with Crippen molar-refractivity contribution in [1.29, 1.82) is 0 Å². The Hall–Kier alpha value is -1.64. The van der Waals surface area contributed by atoms with Crippen LogP contribution in [0.25, 0.3) is 0 Å². The summed E-state index contributed by atoms with van der Waals surface area (Å²) < 4.78 is 28.0. The van der Waals surface area contributed by atoms with E-state index in [-0.39, 0.29) is 22.4 Å². The number of amides is 1. The Balaban J connectivity index is 2.20. The molecule has 7 nitrogen and oxygen atoms in total. The highest BCUT2D eigenvalue weighted by Crippen LogP contribution is 2.22. The molecule has 1 aromatic carbocycles. The van der Waals surface area contributed by atoms with Crippen LogP contribution >= 0.6 is 0 Å². The largest absolute Gasteiger partial charge is 0.496 e. The van der Waals surface area contributed by atoms with Gasteiger partial charge in [-0.1, -0.05) is 0 Å².